The van der Waals surface area contributed by atoms with E-state index in [0.29, 0.717) is 38.5 Å². The molecule has 0 bridgehead atoms. The van der Waals surface area contributed by atoms with Gasteiger partial charge in [-0.05, 0) is 92.8 Å². The van der Waals surface area contributed by atoms with E-state index >= 15 is 0 Å². The van der Waals surface area contributed by atoms with Crippen LogP contribution in [0.5, 0.6) is 0 Å². The van der Waals surface area contributed by atoms with Crippen LogP contribution in [-0.4, -0.2) is 61.3 Å². The molecule has 0 aromatic heterocycles. The van der Waals surface area contributed by atoms with Gasteiger partial charge in [-0.2, -0.15) is 0 Å². The highest BCUT2D eigenvalue weighted by atomic mass is 16.3. The average molecular weight is 507 g/mol. The van der Waals surface area contributed by atoms with Crippen molar-refractivity contribution in [1.82, 2.24) is 0 Å². The molecule has 6 heteroatoms. The Morgan fingerprint density at radius 1 is 1.00 bits per heavy atom. The first kappa shape index (κ1) is 27.1. The Labute approximate surface area is 216 Å². The molecule has 0 unspecified atom stereocenters. The maximum atomic E-state index is 12.9. The fourth-order valence-corrected chi connectivity index (χ4v) is 11.3. The van der Waals surface area contributed by atoms with Crippen molar-refractivity contribution in [2.45, 2.75) is 130 Å². The molecule has 5 aliphatic carbocycles. The number of carbonyl (C=O) groups is 1. The summed E-state index contributed by atoms with van der Waals surface area (Å²) in [5.74, 6) is 0.304. The van der Waals surface area contributed by atoms with Gasteiger partial charge in [0.15, 0.2) is 0 Å². The molecule has 5 saturated carbocycles. The molecule has 2 spiro atoms. The fraction of sp³-hybridized carbons (Fsp3) is 0.967. The van der Waals surface area contributed by atoms with Crippen LogP contribution >= 0.6 is 0 Å². The minimum absolute atomic E-state index is 0.0301. The van der Waals surface area contributed by atoms with E-state index in [4.69, 9.17) is 0 Å². The first-order valence-electron chi connectivity index (χ1n) is 14.4. The second kappa shape index (κ2) is 7.78. The van der Waals surface area contributed by atoms with Gasteiger partial charge in [0.2, 0.25) is 0 Å². The smallest absolute Gasteiger partial charge is 0.138 e. The average Bonchev–Trinajstić information content (AvgIpc) is 3.36. The van der Waals surface area contributed by atoms with Crippen LogP contribution in [-0.2, 0) is 4.79 Å². The van der Waals surface area contributed by atoms with Crippen molar-refractivity contribution in [1.29, 1.82) is 0 Å². The molecule has 0 aromatic carbocycles. The molecule has 5 aliphatic rings. The topological polar surface area (TPSA) is 118 Å². The predicted molar refractivity (Wildman–Crippen MR) is 137 cm³/mol. The number of carbonyl (C=O) groups excluding carboxylic acids is 1. The summed E-state index contributed by atoms with van der Waals surface area (Å²) in [6.07, 6.45) is 2.75. The van der Waals surface area contributed by atoms with Gasteiger partial charge in [-0.3, -0.25) is 4.79 Å². The first-order chi connectivity index (χ1) is 16.4. The monoisotopic (exact) mass is 506 g/mol. The normalized spacial score (nSPS) is 53.1. The van der Waals surface area contributed by atoms with E-state index in [-0.39, 0.29) is 51.1 Å². The van der Waals surface area contributed by atoms with Gasteiger partial charge in [0.25, 0.3) is 0 Å². The first-order valence-corrected chi connectivity index (χ1v) is 14.4. The van der Waals surface area contributed by atoms with E-state index in [1.807, 2.05) is 13.8 Å². The van der Waals surface area contributed by atoms with Gasteiger partial charge in [0, 0.05) is 23.2 Å². The molecule has 5 N–H and O–H groups in total. The zero-order chi connectivity index (χ0) is 26.9. The van der Waals surface area contributed by atoms with E-state index in [0.717, 1.165) is 12.8 Å². The van der Waals surface area contributed by atoms with Crippen molar-refractivity contribution in [2.75, 3.05) is 0 Å². The van der Waals surface area contributed by atoms with Crippen LogP contribution < -0.4 is 0 Å². The van der Waals surface area contributed by atoms with Gasteiger partial charge < -0.3 is 25.5 Å². The number of aliphatic hydroxyl groups is 5. The zero-order valence-corrected chi connectivity index (χ0v) is 23.4. The Morgan fingerprint density at radius 2 is 1.64 bits per heavy atom. The number of aliphatic hydroxyl groups excluding tert-OH is 4. The summed E-state index contributed by atoms with van der Waals surface area (Å²) in [4.78, 5) is 12.9. The molecule has 36 heavy (non-hydrogen) atoms. The number of fused-ring (bicyclic) bond motifs is 2. The summed E-state index contributed by atoms with van der Waals surface area (Å²) in [6, 6.07) is 0. The molecular formula is C30H50O6. The second-order valence-corrected chi connectivity index (χ2v) is 15.4. The summed E-state index contributed by atoms with van der Waals surface area (Å²) in [5, 5.41) is 55.7. The Kier molecular flexibility index (Phi) is 5.84. The molecular weight excluding hydrogens is 456 g/mol. The van der Waals surface area contributed by atoms with E-state index in [1.165, 1.54) is 0 Å². The van der Waals surface area contributed by atoms with Crippen LogP contribution in [0.2, 0.25) is 0 Å². The van der Waals surface area contributed by atoms with Crippen LogP contribution in [0.3, 0.4) is 0 Å². The van der Waals surface area contributed by atoms with Crippen LogP contribution in [0, 0.1) is 50.7 Å². The van der Waals surface area contributed by atoms with Crippen LogP contribution in [0.15, 0.2) is 0 Å². The van der Waals surface area contributed by atoms with Crippen LogP contribution in [0.1, 0.15) is 99.8 Å². The van der Waals surface area contributed by atoms with Crippen molar-refractivity contribution < 1.29 is 30.3 Å². The highest BCUT2D eigenvalue weighted by Crippen LogP contribution is 2.88. The van der Waals surface area contributed by atoms with Crippen molar-refractivity contribution in [3.05, 3.63) is 0 Å². The molecule has 206 valence electrons. The molecule has 0 heterocycles. The van der Waals surface area contributed by atoms with Crippen LogP contribution in [0.4, 0.5) is 0 Å². The van der Waals surface area contributed by atoms with Crippen molar-refractivity contribution in [2.24, 2.45) is 50.7 Å². The lowest BCUT2D eigenvalue weighted by molar-refractivity contribution is -0.214. The van der Waals surface area contributed by atoms with Gasteiger partial charge in [0.05, 0.1) is 30.0 Å². The second-order valence-electron chi connectivity index (χ2n) is 15.4. The number of Topliss-reactive ketones (excluding diaryl/α,β-unsaturated/α-hetero) is 1. The predicted octanol–water partition coefficient (Wildman–Crippen LogP) is 3.46. The highest BCUT2D eigenvalue weighted by Gasteiger charge is 2.86. The molecule has 0 amide bonds. The van der Waals surface area contributed by atoms with E-state index < -0.39 is 35.4 Å². The number of ketones is 1. The van der Waals surface area contributed by atoms with Gasteiger partial charge in [0.1, 0.15) is 5.78 Å². The number of rotatable bonds is 5. The quantitative estimate of drug-likeness (QED) is 0.390. The van der Waals surface area contributed by atoms with Crippen molar-refractivity contribution in [3.8, 4) is 0 Å². The standard InChI is InChI=1S/C30H50O6/c1-16(8-9-21(34)26(4,5)36)23-18(32)13-27(6)19-12-17(31)24-25(2,3)20(33)10-11-29(24)15-30(19,29)22(35)14-28(23,27)7/h16-19,21-24,31-32,34-36H,8-15H2,1-7H3/t16-,17+,18+,19+,21+,22-,23+,24+,27+,28-,29-,30+/m1/s1. The largest absolute Gasteiger partial charge is 0.393 e. The highest BCUT2D eigenvalue weighted by molar-refractivity contribution is 5.86. The Bertz CT molecular complexity index is 925. The third-order valence-corrected chi connectivity index (χ3v) is 13.2. The van der Waals surface area contributed by atoms with Gasteiger partial charge in [-0.25, -0.2) is 0 Å². The van der Waals surface area contributed by atoms with E-state index in [2.05, 4.69) is 20.8 Å². The summed E-state index contributed by atoms with van der Waals surface area (Å²) >= 11 is 0. The van der Waals surface area contributed by atoms with Gasteiger partial charge in [-0.15, -0.1) is 0 Å². The minimum Gasteiger partial charge on any atom is -0.393 e. The van der Waals surface area contributed by atoms with Crippen molar-refractivity contribution in [3.63, 3.8) is 0 Å². The molecule has 0 radical (unpaired) electrons. The molecule has 12 atom stereocenters. The number of hydrogen-bond donors (Lipinski definition) is 5. The summed E-state index contributed by atoms with van der Waals surface area (Å²) in [7, 11) is 0. The third kappa shape index (κ3) is 3.11. The summed E-state index contributed by atoms with van der Waals surface area (Å²) in [6.45, 7) is 13.9. The van der Waals surface area contributed by atoms with E-state index in [1.54, 1.807) is 13.8 Å². The maximum Gasteiger partial charge on any atom is 0.138 e. The molecule has 5 fully saturated rings. The molecule has 0 aromatic rings. The summed E-state index contributed by atoms with van der Waals surface area (Å²) in [5.41, 5.74) is -2.76. The number of hydrogen-bond acceptors (Lipinski definition) is 6. The maximum absolute atomic E-state index is 12.9. The third-order valence-electron chi connectivity index (χ3n) is 13.2. The fourth-order valence-electron chi connectivity index (χ4n) is 11.3. The lowest BCUT2D eigenvalue weighted by atomic mass is 9.40. The SMILES string of the molecule is C[C@H](CC[C@H](O)C(C)(C)O)[C@H]1[C@@H](O)C[C@@]2(C)[C@@H]3C[C@H](O)[C@H]4C(C)(C)C(=O)CC[C@@]45C[C@@]35[C@H](O)C[C@]12C. The van der Waals surface area contributed by atoms with Crippen molar-refractivity contribution >= 4 is 5.78 Å². The summed E-state index contributed by atoms with van der Waals surface area (Å²) < 4.78 is 0. The van der Waals surface area contributed by atoms with Gasteiger partial charge >= 0.3 is 0 Å². The Hall–Kier alpha value is -0.530. The molecule has 5 rings (SSSR count). The lowest BCUT2D eigenvalue weighted by Crippen LogP contribution is -2.64. The van der Waals surface area contributed by atoms with Crippen LogP contribution in [0.25, 0.3) is 0 Å². The zero-order valence-electron chi connectivity index (χ0n) is 23.4. The van der Waals surface area contributed by atoms with Gasteiger partial charge in [-0.1, -0.05) is 34.6 Å². The van der Waals surface area contributed by atoms with E-state index in [9.17, 15) is 30.3 Å². The minimum atomic E-state index is -1.16. The lowest BCUT2D eigenvalue weighted by Gasteiger charge is -2.64. The Morgan fingerprint density at radius 3 is 2.25 bits per heavy atom. The molecule has 0 aliphatic heterocycles. The molecule has 0 saturated heterocycles. The molecule has 6 nitrogen and oxygen atoms in total. The Balaban J connectivity index is 1.48.